The summed E-state index contributed by atoms with van der Waals surface area (Å²) < 4.78 is 0. The zero-order valence-corrected chi connectivity index (χ0v) is 15.9. The summed E-state index contributed by atoms with van der Waals surface area (Å²) in [6, 6.07) is 20.3. The maximum atomic E-state index is 4.81. The zero-order valence-electron chi connectivity index (χ0n) is 14.3. The molecular formula is C20H21N3S2. The third kappa shape index (κ3) is 5.06. The van der Waals surface area contributed by atoms with Gasteiger partial charge in [-0.3, -0.25) is 0 Å². The molecule has 0 aliphatic carbocycles. The monoisotopic (exact) mass is 367 g/mol. The normalized spacial score (nSPS) is 10.8. The standard InChI is InChI=1S/C20H21N3S2/c1-2-3-10-15-24-25-20-21-18(16-11-6-4-7-12-16)19(22-23-20)17-13-8-5-9-14-17/h4-9,11-14H,2-3,10,15H2,1H3. The van der Waals surface area contributed by atoms with Gasteiger partial charge in [0.1, 0.15) is 11.4 Å². The van der Waals surface area contributed by atoms with Gasteiger partial charge in [-0.25, -0.2) is 4.98 Å². The highest BCUT2D eigenvalue weighted by Gasteiger charge is 2.13. The largest absolute Gasteiger partial charge is 0.220 e. The molecule has 3 rings (SSSR count). The molecule has 0 saturated carbocycles. The molecule has 0 N–H and O–H groups in total. The minimum Gasteiger partial charge on any atom is -0.218 e. The number of aromatic nitrogens is 3. The molecule has 0 fully saturated rings. The highest BCUT2D eigenvalue weighted by atomic mass is 33.1. The van der Waals surface area contributed by atoms with Crippen molar-refractivity contribution in [2.75, 3.05) is 5.75 Å². The maximum Gasteiger partial charge on any atom is 0.220 e. The molecule has 0 radical (unpaired) electrons. The van der Waals surface area contributed by atoms with E-state index in [1.807, 2.05) is 48.5 Å². The van der Waals surface area contributed by atoms with Crippen LogP contribution in [-0.2, 0) is 0 Å². The van der Waals surface area contributed by atoms with Crippen LogP contribution >= 0.6 is 21.6 Å². The lowest BCUT2D eigenvalue weighted by atomic mass is 10.0. The van der Waals surface area contributed by atoms with E-state index in [9.17, 15) is 0 Å². The molecule has 1 heterocycles. The first-order valence-electron chi connectivity index (χ1n) is 8.53. The summed E-state index contributed by atoms with van der Waals surface area (Å²) in [7, 11) is 3.42. The predicted molar refractivity (Wildman–Crippen MR) is 109 cm³/mol. The molecule has 3 nitrogen and oxygen atoms in total. The SMILES string of the molecule is CCCCCSSc1nnc(-c2ccccc2)c(-c2ccccc2)n1. The van der Waals surface area contributed by atoms with Gasteiger partial charge in [0.25, 0.3) is 0 Å². The molecule has 128 valence electrons. The highest BCUT2D eigenvalue weighted by Crippen LogP contribution is 2.33. The first kappa shape index (κ1) is 18.0. The van der Waals surface area contributed by atoms with E-state index in [4.69, 9.17) is 4.98 Å². The molecule has 0 aliphatic heterocycles. The summed E-state index contributed by atoms with van der Waals surface area (Å²) in [5.74, 6) is 1.11. The van der Waals surface area contributed by atoms with E-state index in [0.29, 0.717) is 0 Å². The van der Waals surface area contributed by atoms with Gasteiger partial charge < -0.3 is 0 Å². The summed E-state index contributed by atoms with van der Waals surface area (Å²) in [6.07, 6.45) is 3.75. The Bertz CT molecular complexity index is 779. The van der Waals surface area contributed by atoms with Crippen molar-refractivity contribution in [3.05, 3.63) is 60.7 Å². The molecule has 0 amide bonds. The Morgan fingerprint density at radius 1 is 0.760 bits per heavy atom. The molecule has 0 unspecified atom stereocenters. The summed E-state index contributed by atoms with van der Waals surface area (Å²) in [4.78, 5) is 4.81. The molecule has 1 aromatic heterocycles. The summed E-state index contributed by atoms with van der Waals surface area (Å²) in [5, 5.41) is 9.56. The lowest BCUT2D eigenvalue weighted by molar-refractivity contribution is 0.779. The second-order valence-corrected chi connectivity index (χ2v) is 8.02. The lowest BCUT2D eigenvalue weighted by Crippen LogP contribution is -1.98. The van der Waals surface area contributed by atoms with Crippen LogP contribution in [0, 0.1) is 0 Å². The number of benzene rings is 2. The number of unbranched alkanes of at least 4 members (excludes halogenated alkanes) is 2. The van der Waals surface area contributed by atoms with Gasteiger partial charge in [0.2, 0.25) is 5.16 Å². The van der Waals surface area contributed by atoms with E-state index in [-0.39, 0.29) is 0 Å². The van der Waals surface area contributed by atoms with Crippen LogP contribution in [0.3, 0.4) is 0 Å². The molecule has 0 saturated heterocycles. The van der Waals surface area contributed by atoms with Crippen LogP contribution in [0.2, 0.25) is 0 Å². The van der Waals surface area contributed by atoms with Gasteiger partial charge in [0.15, 0.2) is 0 Å². The van der Waals surface area contributed by atoms with Gasteiger partial charge >= 0.3 is 0 Å². The van der Waals surface area contributed by atoms with E-state index in [0.717, 1.165) is 33.4 Å². The van der Waals surface area contributed by atoms with E-state index >= 15 is 0 Å². The van der Waals surface area contributed by atoms with Crippen LogP contribution in [0.5, 0.6) is 0 Å². The smallest absolute Gasteiger partial charge is 0.218 e. The Balaban J connectivity index is 1.86. The fourth-order valence-corrected chi connectivity index (χ4v) is 4.28. The Morgan fingerprint density at radius 2 is 1.40 bits per heavy atom. The highest BCUT2D eigenvalue weighted by molar-refractivity contribution is 8.76. The molecular weight excluding hydrogens is 346 g/mol. The third-order valence-electron chi connectivity index (χ3n) is 3.73. The van der Waals surface area contributed by atoms with Crippen molar-refractivity contribution in [1.29, 1.82) is 0 Å². The van der Waals surface area contributed by atoms with Gasteiger partial charge in [0, 0.05) is 16.9 Å². The van der Waals surface area contributed by atoms with Crippen molar-refractivity contribution in [2.24, 2.45) is 0 Å². The fourth-order valence-electron chi connectivity index (χ4n) is 2.44. The fraction of sp³-hybridized carbons (Fsp3) is 0.250. The molecule has 5 heteroatoms. The van der Waals surface area contributed by atoms with Crippen LogP contribution in [0.25, 0.3) is 22.5 Å². The van der Waals surface area contributed by atoms with E-state index in [1.165, 1.54) is 19.3 Å². The average molecular weight is 368 g/mol. The van der Waals surface area contributed by atoms with Gasteiger partial charge in [0.05, 0.1) is 0 Å². The number of hydrogen-bond acceptors (Lipinski definition) is 5. The van der Waals surface area contributed by atoms with E-state index in [1.54, 1.807) is 21.6 Å². The third-order valence-corrected chi connectivity index (χ3v) is 5.92. The van der Waals surface area contributed by atoms with Crippen molar-refractivity contribution < 1.29 is 0 Å². The second-order valence-electron chi connectivity index (χ2n) is 5.64. The van der Waals surface area contributed by atoms with Crippen LogP contribution in [0.4, 0.5) is 0 Å². The van der Waals surface area contributed by atoms with Crippen molar-refractivity contribution in [3.8, 4) is 22.5 Å². The van der Waals surface area contributed by atoms with Gasteiger partial charge in [-0.05, 0) is 17.2 Å². The van der Waals surface area contributed by atoms with Crippen molar-refractivity contribution >= 4 is 21.6 Å². The van der Waals surface area contributed by atoms with Gasteiger partial charge in [-0.2, -0.15) is 0 Å². The zero-order chi connectivity index (χ0) is 17.3. The van der Waals surface area contributed by atoms with Crippen LogP contribution < -0.4 is 0 Å². The Morgan fingerprint density at radius 3 is 2.04 bits per heavy atom. The molecule has 2 aromatic carbocycles. The van der Waals surface area contributed by atoms with Crippen LogP contribution in [0.15, 0.2) is 65.8 Å². The Kier molecular flexibility index (Phi) is 6.89. The van der Waals surface area contributed by atoms with Gasteiger partial charge in [-0.15, -0.1) is 10.2 Å². The first-order valence-corrected chi connectivity index (χ1v) is 10.9. The summed E-state index contributed by atoms with van der Waals surface area (Å²) in [5.41, 5.74) is 3.81. The second kappa shape index (κ2) is 9.59. The predicted octanol–water partition coefficient (Wildman–Crippen LogP) is 6.14. The first-order chi connectivity index (χ1) is 12.4. The van der Waals surface area contributed by atoms with Crippen LogP contribution in [-0.4, -0.2) is 20.9 Å². The number of hydrogen-bond donors (Lipinski definition) is 0. The molecule has 0 atom stereocenters. The van der Waals surface area contributed by atoms with Crippen LogP contribution in [0.1, 0.15) is 26.2 Å². The maximum absolute atomic E-state index is 4.81. The van der Waals surface area contributed by atoms with E-state index < -0.39 is 0 Å². The summed E-state index contributed by atoms with van der Waals surface area (Å²) >= 11 is 0. The molecule has 0 spiro atoms. The topological polar surface area (TPSA) is 38.7 Å². The molecule has 3 aromatic rings. The Hall–Kier alpha value is -1.85. The quantitative estimate of drug-likeness (QED) is 0.353. The molecule has 25 heavy (non-hydrogen) atoms. The lowest BCUT2D eigenvalue weighted by Gasteiger charge is -2.09. The summed E-state index contributed by atoms with van der Waals surface area (Å²) in [6.45, 7) is 2.22. The van der Waals surface area contributed by atoms with Crippen molar-refractivity contribution in [1.82, 2.24) is 15.2 Å². The number of rotatable bonds is 8. The number of nitrogens with zero attached hydrogens (tertiary/aromatic N) is 3. The Labute approximate surface area is 157 Å². The minimum atomic E-state index is 0.722. The average Bonchev–Trinajstić information content (AvgIpc) is 2.69. The van der Waals surface area contributed by atoms with E-state index in [2.05, 4.69) is 29.3 Å². The van der Waals surface area contributed by atoms with Crippen molar-refractivity contribution in [3.63, 3.8) is 0 Å². The molecule has 0 bridgehead atoms. The van der Waals surface area contributed by atoms with Crippen molar-refractivity contribution in [2.45, 2.75) is 31.3 Å². The minimum absolute atomic E-state index is 0.722. The molecule has 0 aliphatic rings. The van der Waals surface area contributed by atoms with Gasteiger partial charge in [-0.1, -0.05) is 91.2 Å².